The van der Waals surface area contributed by atoms with E-state index in [1.165, 1.54) is 22.9 Å². The summed E-state index contributed by atoms with van der Waals surface area (Å²) >= 11 is 0. The number of carboxylic acid groups (broad SMARTS) is 1. The molecule has 21 heavy (non-hydrogen) atoms. The van der Waals surface area contributed by atoms with Crippen molar-refractivity contribution < 1.29 is 23.4 Å². The van der Waals surface area contributed by atoms with E-state index >= 15 is 0 Å². The Bertz CT molecular complexity index is 723. The number of carboxylic acids is 1. The first kappa shape index (κ1) is 14.7. The summed E-state index contributed by atoms with van der Waals surface area (Å²) in [4.78, 5) is 10.6. The molecule has 2 aromatic rings. The minimum atomic E-state index is -1.14. The number of aliphatic carboxylic acids is 1. The zero-order valence-electron chi connectivity index (χ0n) is 11.3. The summed E-state index contributed by atoms with van der Waals surface area (Å²) in [5.41, 5.74) is 0.880. The van der Waals surface area contributed by atoms with Crippen molar-refractivity contribution in [3.05, 3.63) is 47.2 Å². The number of carbonyl (C=O) groups is 1. The van der Waals surface area contributed by atoms with Crippen molar-refractivity contribution in [3.63, 3.8) is 0 Å². The van der Waals surface area contributed by atoms with Crippen molar-refractivity contribution in [2.75, 3.05) is 0 Å². The predicted molar refractivity (Wildman–Crippen MR) is 71.0 cm³/mol. The van der Waals surface area contributed by atoms with Crippen LogP contribution in [-0.4, -0.2) is 20.9 Å². The Morgan fingerprint density at radius 2 is 2.14 bits per heavy atom. The first-order valence-corrected chi connectivity index (χ1v) is 5.96. The van der Waals surface area contributed by atoms with Gasteiger partial charge in [0.05, 0.1) is 11.3 Å². The molecule has 7 heteroatoms. The molecule has 0 atom stereocenters. The van der Waals surface area contributed by atoms with Crippen LogP contribution in [0.1, 0.15) is 11.3 Å². The lowest BCUT2D eigenvalue weighted by Gasteiger charge is -2.08. The highest BCUT2D eigenvalue weighted by Gasteiger charge is 2.17. The number of benzene rings is 1. The van der Waals surface area contributed by atoms with Crippen LogP contribution in [0.15, 0.2) is 24.3 Å². The molecule has 0 unspecified atom stereocenters. The predicted octanol–water partition coefficient (Wildman–Crippen LogP) is 2.90. The van der Waals surface area contributed by atoms with Gasteiger partial charge in [0.1, 0.15) is 0 Å². The third-order valence-corrected chi connectivity index (χ3v) is 2.73. The van der Waals surface area contributed by atoms with Crippen LogP contribution in [0.4, 0.5) is 8.78 Å². The van der Waals surface area contributed by atoms with Gasteiger partial charge in [-0.1, -0.05) is 6.07 Å². The first-order valence-electron chi connectivity index (χ1n) is 5.96. The van der Waals surface area contributed by atoms with Gasteiger partial charge in [-0.25, -0.2) is 13.9 Å². The van der Waals surface area contributed by atoms with Gasteiger partial charge in [0.25, 0.3) is 0 Å². The number of aromatic nitrogens is 2. The minimum absolute atomic E-state index is 0.120. The van der Waals surface area contributed by atoms with E-state index in [0.717, 1.165) is 12.1 Å². The highest BCUT2D eigenvalue weighted by atomic mass is 19.2. The summed E-state index contributed by atoms with van der Waals surface area (Å²) in [5, 5.41) is 12.7. The van der Waals surface area contributed by atoms with Crippen molar-refractivity contribution in [1.29, 1.82) is 0 Å². The molecule has 0 saturated carbocycles. The number of ether oxygens (including phenoxy) is 1. The Balaban J connectivity index is 2.44. The van der Waals surface area contributed by atoms with Gasteiger partial charge in [0, 0.05) is 13.1 Å². The second-order valence-electron chi connectivity index (χ2n) is 4.25. The minimum Gasteiger partial charge on any atom is -0.478 e. The molecule has 1 N–H and O–H groups in total. The van der Waals surface area contributed by atoms with Gasteiger partial charge in [-0.15, -0.1) is 0 Å². The summed E-state index contributed by atoms with van der Waals surface area (Å²) in [6.45, 7) is 1.65. The molecule has 1 aromatic heterocycles. The van der Waals surface area contributed by atoms with Crippen molar-refractivity contribution in [2.45, 2.75) is 6.92 Å². The van der Waals surface area contributed by atoms with Crippen LogP contribution < -0.4 is 4.74 Å². The van der Waals surface area contributed by atoms with Gasteiger partial charge in [-0.05, 0) is 25.1 Å². The number of nitrogens with zero attached hydrogens (tertiary/aromatic N) is 2. The van der Waals surface area contributed by atoms with E-state index in [1.54, 1.807) is 14.0 Å². The normalized spacial score (nSPS) is 11.0. The Hall–Kier alpha value is -2.70. The lowest BCUT2D eigenvalue weighted by atomic mass is 10.2. The maximum Gasteiger partial charge on any atom is 0.328 e. The summed E-state index contributed by atoms with van der Waals surface area (Å²) in [6, 6.07) is 3.55. The molecule has 0 fully saturated rings. The van der Waals surface area contributed by atoms with Gasteiger partial charge >= 0.3 is 5.97 Å². The summed E-state index contributed by atoms with van der Waals surface area (Å²) < 4.78 is 33.5. The van der Waals surface area contributed by atoms with Crippen molar-refractivity contribution in [1.82, 2.24) is 9.78 Å². The van der Waals surface area contributed by atoms with Crippen LogP contribution >= 0.6 is 0 Å². The molecule has 5 nitrogen and oxygen atoms in total. The fourth-order valence-corrected chi connectivity index (χ4v) is 1.79. The Kier molecular flexibility index (Phi) is 4.02. The van der Waals surface area contributed by atoms with E-state index in [4.69, 9.17) is 9.84 Å². The van der Waals surface area contributed by atoms with Gasteiger partial charge in [0.2, 0.25) is 11.7 Å². The maximum absolute atomic E-state index is 13.6. The molecule has 0 saturated heterocycles. The number of rotatable bonds is 4. The second kappa shape index (κ2) is 5.74. The SMILES string of the molecule is Cc1nn(C)c(Oc2cccc(F)c2F)c1C=CC(=O)O. The molecular weight excluding hydrogens is 282 g/mol. The van der Waals surface area contributed by atoms with Crippen LogP contribution in [0, 0.1) is 18.6 Å². The number of aryl methyl sites for hydroxylation is 2. The number of hydrogen-bond acceptors (Lipinski definition) is 3. The molecule has 2 rings (SSSR count). The van der Waals surface area contributed by atoms with E-state index < -0.39 is 17.6 Å². The number of halogens is 2. The van der Waals surface area contributed by atoms with Crippen LogP contribution in [0.3, 0.4) is 0 Å². The lowest BCUT2D eigenvalue weighted by molar-refractivity contribution is -0.131. The highest BCUT2D eigenvalue weighted by Crippen LogP contribution is 2.30. The van der Waals surface area contributed by atoms with Crippen LogP contribution in [-0.2, 0) is 11.8 Å². The van der Waals surface area contributed by atoms with Crippen molar-refractivity contribution in [2.24, 2.45) is 7.05 Å². The molecule has 0 bridgehead atoms. The molecule has 0 spiro atoms. The van der Waals surface area contributed by atoms with E-state index in [0.29, 0.717) is 11.3 Å². The topological polar surface area (TPSA) is 64.4 Å². The zero-order valence-corrected chi connectivity index (χ0v) is 11.3. The van der Waals surface area contributed by atoms with Crippen LogP contribution in [0.2, 0.25) is 0 Å². The molecule has 0 aliphatic carbocycles. The van der Waals surface area contributed by atoms with E-state index in [2.05, 4.69) is 5.10 Å². The Labute approximate surface area is 119 Å². The van der Waals surface area contributed by atoms with E-state index in [9.17, 15) is 13.6 Å². The molecule has 1 heterocycles. The summed E-state index contributed by atoms with van der Waals surface area (Å²) in [5.74, 6) is -3.47. The molecule has 1 aromatic carbocycles. The molecule has 110 valence electrons. The molecule has 0 radical (unpaired) electrons. The number of hydrogen-bond donors (Lipinski definition) is 1. The van der Waals surface area contributed by atoms with E-state index in [-0.39, 0.29) is 11.6 Å². The van der Waals surface area contributed by atoms with Crippen LogP contribution in [0.25, 0.3) is 6.08 Å². The molecule has 0 aliphatic rings. The Morgan fingerprint density at radius 1 is 1.43 bits per heavy atom. The smallest absolute Gasteiger partial charge is 0.328 e. The van der Waals surface area contributed by atoms with Crippen molar-refractivity contribution in [3.8, 4) is 11.6 Å². The first-order chi connectivity index (χ1) is 9.90. The molecule has 0 aliphatic heterocycles. The van der Waals surface area contributed by atoms with Gasteiger partial charge in [-0.2, -0.15) is 9.49 Å². The average molecular weight is 294 g/mol. The fourth-order valence-electron chi connectivity index (χ4n) is 1.79. The summed E-state index contributed by atoms with van der Waals surface area (Å²) in [7, 11) is 1.55. The molecule has 0 amide bonds. The highest BCUT2D eigenvalue weighted by molar-refractivity contribution is 5.86. The van der Waals surface area contributed by atoms with E-state index in [1.807, 2.05) is 0 Å². The van der Waals surface area contributed by atoms with Gasteiger partial charge < -0.3 is 9.84 Å². The summed E-state index contributed by atoms with van der Waals surface area (Å²) in [6.07, 6.45) is 2.20. The third-order valence-electron chi connectivity index (χ3n) is 2.73. The second-order valence-corrected chi connectivity index (χ2v) is 4.25. The largest absolute Gasteiger partial charge is 0.478 e. The quantitative estimate of drug-likeness (QED) is 0.881. The Morgan fingerprint density at radius 3 is 2.81 bits per heavy atom. The standard InChI is InChI=1S/C14H12F2N2O3/c1-8-9(6-7-12(19)20)14(18(2)17-8)21-11-5-3-4-10(15)13(11)16/h3-7H,1-2H3,(H,19,20). The molecular formula is C14H12F2N2O3. The fraction of sp³-hybridized carbons (Fsp3) is 0.143. The average Bonchev–Trinajstić information content (AvgIpc) is 2.67. The zero-order chi connectivity index (χ0) is 15.6. The van der Waals surface area contributed by atoms with Gasteiger partial charge in [-0.3, -0.25) is 0 Å². The monoisotopic (exact) mass is 294 g/mol. The van der Waals surface area contributed by atoms with Crippen molar-refractivity contribution >= 4 is 12.0 Å². The maximum atomic E-state index is 13.6. The third kappa shape index (κ3) is 3.07. The lowest BCUT2D eigenvalue weighted by Crippen LogP contribution is -1.98. The van der Waals surface area contributed by atoms with Gasteiger partial charge in [0.15, 0.2) is 11.6 Å². The van der Waals surface area contributed by atoms with Crippen LogP contribution in [0.5, 0.6) is 11.6 Å².